The number of carbonyl (C=O) groups excluding carboxylic acids is 4. The summed E-state index contributed by atoms with van der Waals surface area (Å²) in [6.07, 6.45) is -5.02. The molecule has 1 aliphatic heterocycles. The number of rotatable bonds is 7. The highest BCUT2D eigenvalue weighted by Gasteiger charge is 2.51. The lowest BCUT2D eigenvalue weighted by Gasteiger charge is -2.44. The molecule has 0 aliphatic carbocycles. The third-order valence-electron chi connectivity index (χ3n) is 3.63. The molecule has 0 N–H and O–H groups in total. The van der Waals surface area contributed by atoms with Gasteiger partial charge in [0.05, 0.1) is 6.07 Å². The Balaban J connectivity index is 3.25. The van der Waals surface area contributed by atoms with Gasteiger partial charge in [-0.1, -0.05) is 0 Å². The second kappa shape index (κ2) is 10.5. The van der Waals surface area contributed by atoms with E-state index >= 15 is 0 Å². The highest BCUT2D eigenvalue weighted by molar-refractivity contribution is 5.68. The van der Waals surface area contributed by atoms with Crippen LogP contribution in [0, 0.1) is 11.3 Å². The summed E-state index contributed by atoms with van der Waals surface area (Å²) in [6.45, 7) is 4.38. The summed E-state index contributed by atoms with van der Waals surface area (Å²) in [5, 5.41) is 8.85. The number of nitriles is 1. The van der Waals surface area contributed by atoms with Crippen molar-refractivity contribution in [2.75, 3.05) is 6.61 Å². The Kier molecular flexibility index (Phi) is 8.68. The van der Waals surface area contributed by atoms with Crippen LogP contribution in [-0.4, -0.2) is 61.0 Å². The number of carbonyl (C=O) groups is 4. The topological polar surface area (TPSA) is 138 Å². The smallest absolute Gasteiger partial charge is 0.303 e. The van der Waals surface area contributed by atoms with Crippen molar-refractivity contribution in [1.82, 2.24) is 0 Å². The molecule has 0 unspecified atom stereocenters. The predicted molar refractivity (Wildman–Crippen MR) is 86.8 cm³/mol. The molecule has 0 radical (unpaired) electrons. The zero-order valence-electron chi connectivity index (χ0n) is 15.6. The summed E-state index contributed by atoms with van der Waals surface area (Å²) in [5.74, 6) is -2.63. The van der Waals surface area contributed by atoms with E-state index in [0.29, 0.717) is 0 Å². The van der Waals surface area contributed by atoms with E-state index in [9.17, 15) is 19.2 Å². The van der Waals surface area contributed by atoms with E-state index < -0.39 is 54.4 Å². The molecular formula is C17H23NO9. The minimum atomic E-state index is -1.19. The maximum atomic E-state index is 11.6. The molecule has 0 bridgehead atoms. The van der Waals surface area contributed by atoms with Crippen LogP contribution in [-0.2, 0) is 42.9 Å². The van der Waals surface area contributed by atoms with Crippen LogP contribution in [0.1, 0.15) is 40.5 Å². The number of nitrogens with zero attached hydrogens (tertiary/aromatic N) is 1. The molecule has 1 aliphatic rings. The molecule has 0 amide bonds. The van der Waals surface area contributed by atoms with Gasteiger partial charge >= 0.3 is 23.9 Å². The summed E-state index contributed by atoms with van der Waals surface area (Å²) in [4.78, 5) is 45.8. The van der Waals surface area contributed by atoms with E-state index in [1.165, 1.54) is 6.92 Å². The first-order chi connectivity index (χ1) is 12.6. The van der Waals surface area contributed by atoms with Crippen molar-refractivity contribution in [2.24, 2.45) is 0 Å². The Labute approximate surface area is 156 Å². The van der Waals surface area contributed by atoms with Gasteiger partial charge in [-0.3, -0.25) is 19.2 Å². The molecule has 5 atom stereocenters. The van der Waals surface area contributed by atoms with Gasteiger partial charge in [-0.05, 0) is 6.42 Å². The molecule has 0 saturated carbocycles. The van der Waals surface area contributed by atoms with Crippen LogP contribution < -0.4 is 0 Å². The minimum absolute atomic E-state index is 0.0771. The molecule has 1 heterocycles. The molecule has 0 spiro atoms. The third-order valence-corrected chi connectivity index (χ3v) is 3.63. The number of esters is 4. The standard InChI is InChI=1S/C17H23NO9/c1-9(19)23-8-14-16(25-11(3)21)17(26-12(4)22)15(24-10(2)20)13(27-14)6-5-7-18/h13-17H,5-6,8H2,1-4H3/t13-,14-,15+,16+,17-/m1/s1. The van der Waals surface area contributed by atoms with Crippen LogP contribution in [0.2, 0.25) is 0 Å². The Morgan fingerprint density at radius 3 is 1.74 bits per heavy atom. The van der Waals surface area contributed by atoms with Crippen molar-refractivity contribution in [1.29, 1.82) is 5.26 Å². The fraction of sp³-hybridized carbons (Fsp3) is 0.706. The van der Waals surface area contributed by atoms with Gasteiger partial charge in [-0.25, -0.2) is 0 Å². The fourth-order valence-corrected chi connectivity index (χ4v) is 2.76. The van der Waals surface area contributed by atoms with E-state index in [2.05, 4.69) is 0 Å². The molecule has 150 valence electrons. The van der Waals surface area contributed by atoms with Crippen molar-refractivity contribution in [3.05, 3.63) is 0 Å². The first kappa shape index (κ1) is 22.4. The van der Waals surface area contributed by atoms with Crippen molar-refractivity contribution in [2.45, 2.75) is 71.1 Å². The normalized spacial score (nSPS) is 27.0. The zero-order chi connectivity index (χ0) is 20.6. The third kappa shape index (κ3) is 7.22. The van der Waals surface area contributed by atoms with E-state index in [1.54, 1.807) is 0 Å². The number of hydrogen-bond acceptors (Lipinski definition) is 10. The Hall–Kier alpha value is -2.67. The van der Waals surface area contributed by atoms with Crippen LogP contribution in [0.25, 0.3) is 0 Å². The van der Waals surface area contributed by atoms with Gasteiger partial charge in [-0.2, -0.15) is 5.26 Å². The van der Waals surface area contributed by atoms with Gasteiger partial charge in [0.25, 0.3) is 0 Å². The van der Waals surface area contributed by atoms with Crippen LogP contribution >= 0.6 is 0 Å². The Morgan fingerprint density at radius 1 is 0.815 bits per heavy atom. The van der Waals surface area contributed by atoms with Crippen molar-refractivity contribution in [3.8, 4) is 6.07 Å². The van der Waals surface area contributed by atoms with E-state index in [0.717, 1.165) is 20.8 Å². The van der Waals surface area contributed by atoms with Gasteiger partial charge in [-0.15, -0.1) is 0 Å². The van der Waals surface area contributed by atoms with Gasteiger partial charge in [0.1, 0.15) is 18.8 Å². The zero-order valence-corrected chi connectivity index (χ0v) is 15.6. The largest absolute Gasteiger partial charge is 0.463 e. The maximum Gasteiger partial charge on any atom is 0.303 e. The second-order valence-corrected chi connectivity index (χ2v) is 5.93. The van der Waals surface area contributed by atoms with E-state index in [-0.39, 0.29) is 19.4 Å². The van der Waals surface area contributed by atoms with Crippen molar-refractivity contribution >= 4 is 23.9 Å². The van der Waals surface area contributed by atoms with Crippen molar-refractivity contribution < 1.29 is 42.9 Å². The van der Waals surface area contributed by atoms with Crippen LogP contribution in [0.15, 0.2) is 0 Å². The summed E-state index contributed by atoms with van der Waals surface area (Å²) in [7, 11) is 0. The van der Waals surface area contributed by atoms with Gasteiger partial charge in [0.2, 0.25) is 0 Å². The van der Waals surface area contributed by atoms with Crippen LogP contribution in [0.3, 0.4) is 0 Å². The van der Waals surface area contributed by atoms with Crippen molar-refractivity contribution in [3.63, 3.8) is 0 Å². The molecule has 27 heavy (non-hydrogen) atoms. The van der Waals surface area contributed by atoms with E-state index in [1.807, 2.05) is 6.07 Å². The molecular weight excluding hydrogens is 362 g/mol. The minimum Gasteiger partial charge on any atom is -0.463 e. The molecule has 0 aromatic heterocycles. The summed E-state index contributed by atoms with van der Waals surface area (Å²) >= 11 is 0. The Morgan fingerprint density at radius 2 is 1.30 bits per heavy atom. The monoisotopic (exact) mass is 385 g/mol. The predicted octanol–water partition coefficient (Wildman–Crippen LogP) is 0.416. The van der Waals surface area contributed by atoms with E-state index in [4.69, 9.17) is 28.9 Å². The average Bonchev–Trinajstić information content (AvgIpc) is 2.54. The molecule has 0 aromatic carbocycles. The van der Waals surface area contributed by atoms with Gasteiger partial charge < -0.3 is 23.7 Å². The molecule has 10 heteroatoms. The highest BCUT2D eigenvalue weighted by atomic mass is 16.7. The Bertz CT molecular complexity index is 612. The van der Waals surface area contributed by atoms with Gasteiger partial charge in [0.15, 0.2) is 18.3 Å². The quantitative estimate of drug-likeness (QED) is 0.447. The first-order valence-electron chi connectivity index (χ1n) is 8.33. The highest BCUT2D eigenvalue weighted by Crippen LogP contribution is 2.31. The van der Waals surface area contributed by atoms with Gasteiger partial charge in [0, 0.05) is 34.1 Å². The lowest BCUT2D eigenvalue weighted by atomic mass is 9.92. The first-order valence-corrected chi connectivity index (χ1v) is 8.33. The molecule has 0 aromatic rings. The van der Waals surface area contributed by atoms with Crippen LogP contribution in [0.4, 0.5) is 0 Å². The fourth-order valence-electron chi connectivity index (χ4n) is 2.76. The molecule has 10 nitrogen and oxygen atoms in total. The molecule has 1 saturated heterocycles. The lowest BCUT2D eigenvalue weighted by molar-refractivity contribution is -0.253. The second-order valence-electron chi connectivity index (χ2n) is 5.93. The summed E-state index contributed by atoms with van der Waals surface area (Å²) in [5.41, 5.74) is 0. The number of hydrogen-bond donors (Lipinski definition) is 0. The van der Waals surface area contributed by atoms with Crippen LogP contribution in [0.5, 0.6) is 0 Å². The average molecular weight is 385 g/mol. The summed E-state index contributed by atoms with van der Waals surface area (Å²) < 4.78 is 26.5. The SMILES string of the molecule is CC(=O)OC[C@H]1O[C@H](CCC#N)[C@H](OC(C)=O)[C@@H](OC(C)=O)[C@H]1OC(C)=O. The lowest BCUT2D eigenvalue weighted by Crippen LogP contribution is -2.62. The molecule has 1 fully saturated rings. The maximum absolute atomic E-state index is 11.6. The summed E-state index contributed by atoms with van der Waals surface area (Å²) in [6, 6.07) is 1.95. The molecule has 1 rings (SSSR count). The number of ether oxygens (including phenoxy) is 5.